The number of carboxylic acid groups (broad SMARTS) is 1. The van der Waals surface area contributed by atoms with Crippen LogP contribution in [0.1, 0.15) is 31.4 Å². The molecule has 3 atom stereocenters. The highest BCUT2D eigenvalue weighted by atomic mass is 35.5. The first-order valence-electron chi connectivity index (χ1n) is 8.15. The summed E-state index contributed by atoms with van der Waals surface area (Å²) in [5, 5.41) is 12.2. The van der Waals surface area contributed by atoms with Crippen molar-refractivity contribution in [2.75, 3.05) is 19.7 Å². The summed E-state index contributed by atoms with van der Waals surface area (Å²) in [6, 6.07) is 3.84. The molecule has 0 aliphatic carbocycles. The summed E-state index contributed by atoms with van der Waals surface area (Å²) in [4.78, 5) is 25.3. The van der Waals surface area contributed by atoms with Crippen molar-refractivity contribution < 1.29 is 23.8 Å². The summed E-state index contributed by atoms with van der Waals surface area (Å²) >= 11 is 5.71. The molecular formula is C17H20ClFN2O4. The van der Waals surface area contributed by atoms with Crippen molar-refractivity contribution >= 4 is 23.6 Å². The molecule has 2 heterocycles. The first kappa shape index (κ1) is 17.9. The highest BCUT2D eigenvalue weighted by Gasteiger charge is 2.43. The van der Waals surface area contributed by atoms with Crippen LogP contribution >= 0.6 is 11.6 Å². The van der Waals surface area contributed by atoms with Gasteiger partial charge in [-0.2, -0.15) is 0 Å². The molecule has 2 aliphatic heterocycles. The second-order valence-electron chi connectivity index (χ2n) is 6.85. The Morgan fingerprint density at radius 1 is 1.48 bits per heavy atom. The lowest BCUT2D eigenvalue weighted by Crippen LogP contribution is -2.46. The molecule has 0 spiro atoms. The summed E-state index contributed by atoms with van der Waals surface area (Å²) < 4.78 is 19.3. The number of rotatable bonds is 3. The van der Waals surface area contributed by atoms with Crippen molar-refractivity contribution in [1.82, 2.24) is 10.2 Å². The number of benzene rings is 1. The van der Waals surface area contributed by atoms with Crippen molar-refractivity contribution in [2.45, 2.75) is 31.9 Å². The van der Waals surface area contributed by atoms with E-state index >= 15 is 0 Å². The number of aliphatic carboxylic acids is 1. The SMILES string of the molecule is CC1(C(=O)O)CCN(C(=O)NC2CCOC2c2ccc(Cl)c(F)c2)C1. The maximum absolute atomic E-state index is 13.7. The molecule has 8 heteroatoms. The number of nitrogens with zero attached hydrogens (tertiary/aromatic N) is 1. The van der Waals surface area contributed by atoms with E-state index in [0.717, 1.165) is 0 Å². The van der Waals surface area contributed by atoms with Crippen molar-refractivity contribution in [1.29, 1.82) is 0 Å². The minimum Gasteiger partial charge on any atom is -0.481 e. The quantitative estimate of drug-likeness (QED) is 0.857. The molecular weight excluding hydrogens is 351 g/mol. The first-order valence-corrected chi connectivity index (χ1v) is 8.53. The Labute approximate surface area is 149 Å². The molecule has 0 radical (unpaired) electrons. The molecule has 3 rings (SSSR count). The van der Waals surface area contributed by atoms with Crippen LogP contribution in [-0.2, 0) is 9.53 Å². The summed E-state index contributed by atoms with van der Waals surface area (Å²) in [5.41, 5.74) is -0.302. The molecule has 2 amide bonds. The number of hydrogen-bond donors (Lipinski definition) is 2. The van der Waals surface area contributed by atoms with Gasteiger partial charge in [-0.1, -0.05) is 17.7 Å². The molecule has 0 aromatic heterocycles. The molecule has 2 aliphatic rings. The molecule has 1 aromatic carbocycles. The number of carbonyl (C=O) groups is 2. The van der Waals surface area contributed by atoms with Gasteiger partial charge in [-0.05, 0) is 37.5 Å². The summed E-state index contributed by atoms with van der Waals surface area (Å²) in [5.74, 6) is -1.43. The summed E-state index contributed by atoms with van der Waals surface area (Å²) in [6.45, 7) is 2.65. The standard InChI is InChI=1S/C17H20ClFN2O4/c1-17(15(22)23)5-6-21(9-17)16(24)20-13-4-7-25-14(13)10-2-3-11(18)12(19)8-10/h2-3,8,13-14H,4-7,9H2,1H3,(H,20,24)(H,22,23). The Morgan fingerprint density at radius 3 is 2.88 bits per heavy atom. The molecule has 2 fully saturated rings. The van der Waals surface area contributed by atoms with Crippen molar-refractivity contribution in [3.05, 3.63) is 34.6 Å². The van der Waals surface area contributed by atoms with Gasteiger partial charge in [0.2, 0.25) is 0 Å². The molecule has 0 bridgehead atoms. The lowest BCUT2D eigenvalue weighted by molar-refractivity contribution is -0.147. The Hall–Kier alpha value is -1.86. The molecule has 1 aromatic rings. The van der Waals surface area contributed by atoms with Gasteiger partial charge in [0, 0.05) is 19.7 Å². The van der Waals surface area contributed by atoms with E-state index in [9.17, 15) is 19.1 Å². The number of likely N-dealkylation sites (tertiary alicyclic amines) is 1. The van der Waals surface area contributed by atoms with Crippen LogP contribution in [0.15, 0.2) is 18.2 Å². The Bertz CT molecular complexity index is 701. The minimum atomic E-state index is -0.914. The molecule has 25 heavy (non-hydrogen) atoms. The predicted octanol–water partition coefficient (Wildman–Crippen LogP) is 2.82. The third-order valence-electron chi connectivity index (χ3n) is 4.95. The number of hydrogen-bond acceptors (Lipinski definition) is 3. The second kappa shape index (κ2) is 6.80. The van der Waals surface area contributed by atoms with E-state index in [1.807, 2.05) is 0 Å². The van der Waals surface area contributed by atoms with Crippen LogP contribution in [0.2, 0.25) is 5.02 Å². The van der Waals surface area contributed by atoms with Gasteiger partial charge in [0.25, 0.3) is 0 Å². The number of urea groups is 1. The molecule has 2 saturated heterocycles. The fourth-order valence-electron chi connectivity index (χ4n) is 3.31. The van der Waals surface area contributed by atoms with E-state index in [0.29, 0.717) is 31.6 Å². The molecule has 2 N–H and O–H groups in total. The fourth-order valence-corrected chi connectivity index (χ4v) is 3.43. The fraction of sp³-hybridized carbons (Fsp3) is 0.529. The van der Waals surface area contributed by atoms with Crippen LogP contribution in [0.25, 0.3) is 0 Å². The van der Waals surface area contributed by atoms with E-state index in [4.69, 9.17) is 16.3 Å². The second-order valence-corrected chi connectivity index (χ2v) is 7.25. The van der Waals surface area contributed by atoms with Gasteiger partial charge in [0.05, 0.1) is 16.5 Å². The number of carbonyl (C=O) groups excluding carboxylic acids is 1. The Kier molecular flexibility index (Phi) is 4.88. The predicted molar refractivity (Wildman–Crippen MR) is 89.0 cm³/mol. The van der Waals surface area contributed by atoms with Crippen LogP contribution in [0, 0.1) is 11.2 Å². The van der Waals surface area contributed by atoms with Gasteiger partial charge in [0.1, 0.15) is 11.9 Å². The largest absolute Gasteiger partial charge is 0.481 e. The maximum atomic E-state index is 13.7. The number of ether oxygens (including phenoxy) is 1. The first-order chi connectivity index (χ1) is 11.8. The normalized spacial score (nSPS) is 29.0. The van der Waals surface area contributed by atoms with E-state index in [-0.39, 0.29) is 23.6 Å². The van der Waals surface area contributed by atoms with Gasteiger partial charge >= 0.3 is 12.0 Å². The van der Waals surface area contributed by atoms with Crippen molar-refractivity contribution in [3.63, 3.8) is 0 Å². The lowest BCUT2D eigenvalue weighted by atomic mass is 9.90. The summed E-state index contributed by atoms with van der Waals surface area (Å²) in [7, 11) is 0. The number of carboxylic acids is 1. The van der Waals surface area contributed by atoms with Crippen LogP contribution in [0.4, 0.5) is 9.18 Å². The van der Waals surface area contributed by atoms with Gasteiger partial charge in [-0.3, -0.25) is 4.79 Å². The van der Waals surface area contributed by atoms with Crippen LogP contribution in [0.5, 0.6) is 0 Å². The smallest absolute Gasteiger partial charge is 0.317 e. The van der Waals surface area contributed by atoms with Crippen LogP contribution in [-0.4, -0.2) is 47.7 Å². The third-order valence-corrected chi connectivity index (χ3v) is 5.26. The zero-order valence-corrected chi connectivity index (χ0v) is 14.6. The van der Waals surface area contributed by atoms with Gasteiger partial charge in [-0.25, -0.2) is 9.18 Å². The van der Waals surface area contributed by atoms with Gasteiger partial charge in [-0.15, -0.1) is 0 Å². The maximum Gasteiger partial charge on any atom is 0.317 e. The topological polar surface area (TPSA) is 78.9 Å². The average Bonchev–Trinajstić information content (AvgIpc) is 3.18. The van der Waals surface area contributed by atoms with Crippen molar-refractivity contribution in [3.8, 4) is 0 Å². The van der Waals surface area contributed by atoms with Crippen molar-refractivity contribution in [2.24, 2.45) is 5.41 Å². The van der Waals surface area contributed by atoms with Gasteiger partial charge in [0.15, 0.2) is 0 Å². The van der Waals surface area contributed by atoms with Crippen LogP contribution in [0.3, 0.4) is 0 Å². The highest BCUT2D eigenvalue weighted by Crippen LogP contribution is 2.33. The number of halogens is 2. The highest BCUT2D eigenvalue weighted by molar-refractivity contribution is 6.30. The number of nitrogens with one attached hydrogen (secondary N) is 1. The van der Waals surface area contributed by atoms with Crippen LogP contribution < -0.4 is 5.32 Å². The lowest BCUT2D eigenvalue weighted by Gasteiger charge is -2.25. The van der Waals surface area contributed by atoms with E-state index < -0.39 is 23.3 Å². The zero-order valence-electron chi connectivity index (χ0n) is 13.8. The van der Waals surface area contributed by atoms with E-state index in [1.165, 1.54) is 17.0 Å². The summed E-state index contributed by atoms with van der Waals surface area (Å²) in [6.07, 6.45) is 0.567. The average molecular weight is 371 g/mol. The third kappa shape index (κ3) is 3.57. The molecule has 6 nitrogen and oxygen atoms in total. The zero-order chi connectivity index (χ0) is 18.2. The monoisotopic (exact) mass is 370 g/mol. The minimum absolute atomic E-state index is 0.0346. The molecule has 136 valence electrons. The van der Waals surface area contributed by atoms with E-state index in [2.05, 4.69) is 5.32 Å². The van der Waals surface area contributed by atoms with Gasteiger partial charge < -0.3 is 20.1 Å². The Balaban J connectivity index is 1.66. The van der Waals surface area contributed by atoms with E-state index in [1.54, 1.807) is 13.0 Å². The number of amides is 2. The molecule has 0 saturated carbocycles. The molecule has 3 unspecified atom stereocenters. The Morgan fingerprint density at radius 2 is 2.24 bits per heavy atom.